The number of rotatable bonds is 7. The van der Waals surface area contributed by atoms with Crippen molar-refractivity contribution in [2.45, 2.75) is 19.4 Å². The third kappa shape index (κ3) is 4.49. The van der Waals surface area contributed by atoms with E-state index >= 15 is 0 Å². The van der Waals surface area contributed by atoms with Gasteiger partial charge in [-0.05, 0) is 32.5 Å². The van der Waals surface area contributed by atoms with Crippen LogP contribution in [0.15, 0.2) is 30.9 Å². The number of nitrogens with zero attached hydrogens (tertiary/aromatic N) is 1. The van der Waals surface area contributed by atoms with Gasteiger partial charge in [-0.15, -0.1) is 6.58 Å². The van der Waals surface area contributed by atoms with Crippen LogP contribution in [0.25, 0.3) is 0 Å². The van der Waals surface area contributed by atoms with Crippen molar-refractivity contribution in [1.29, 1.82) is 0 Å². The van der Waals surface area contributed by atoms with Gasteiger partial charge in [0.1, 0.15) is 5.75 Å². The van der Waals surface area contributed by atoms with Crippen molar-refractivity contribution in [2.75, 3.05) is 26.4 Å². The fraction of sp³-hybridized carbons (Fsp3) is 0.429. The number of nitrogen functional groups attached to an aromatic ring is 1. The van der Waals surface area contributed by atoms with Gasteiger partial charge in [0.25, 0.3) is 0 Å². The molecule has 3 heteroatoms. The van der Waals surface area contributed by atoms with Crippen LogP contribution in [0, 0.1) is 0 Å². The molecule has 0 heterocycles. The van der Waals surface area contributed by atoms with E-state index < -0.39 is 0 Å². The van der Waals surface area contributed by atoms with Crippen molar-refractivity contribution in [1.82, 2.24) is 4.90 Å². The zero-order valence-corrected chi connectivity index (χ0v) is 10.8. The summed E-state index contributed by atoms with van der Waals surface area (Å²) in [5.74, 6) is 0.862. The van der Waals surface area contributed by atoms with E-state index in [1.807, 2.05) is 24.3 Å². The minimum absolute atomic E-state index is 0.736. The van der Waals surface area contributed by atoms with E-state index in [9.17, 15) is 0 Å². The Kier molecular flexibility index (Phi) is 5.57. The van der Waals surface area contributed by atoms with Gasteiger partial charge in [-0.3, -0.25) is 0 Å². The lowest BCUT2D eigenvalue weighted by molar-refractivity contribution is 0.314. The molecule has 0 saturated carbocycles. The molecule has 0 spiro atoms. The Bertz CT molecular complexity index is 363. The molecule has 1 aromatic carbocycles. The van der Waals surface area contributed by atoms with Crippen LogP contribution >= 0.6 is 0 Å². The van der Waals surface area contributed by atoms with Gasteiger partial charge >= 0.3 is 0 Å². The summed E-state index contributed by atoms with van der Waals surface area (Å²) >= 11 is 0. The second-order valence-electron chi connectivity index (χ2n) is 4.24. The molecule has 0 amide bonds. The average Bonchev–Trinajstić information content (AvgIpc) is 2.32. The molecule has 0 fully saturated rings. The number of hydrogen-bond donors (Lipinski definition) is 1. The standard InChI is InChI=1S/C14H22N2O/c1-4-5-6-9-16(2)11-12-7-8-13(15)10-14(12)17-3/h4,7-8,10H,1,5-6,9,11,15H2,2-3H3. The molecule has 0 aromatic heterocycles. The smallest absolute Gasteiger partial charge is 0.125 e. The molecule has 17 heavy (non-hydrogen) atoms. The summed E-state index contributed by atoms with van der Waals surface area (Å²) in [6, 6.07) is 5.81. The Hall–Kier alpha value is -1.48. The maximum atomic E-state index is 5.73. The molecule has 0 unspecified atom stereocenters. The number of anilines is 1. The van der Waals surface area contributed by atoms with Crippen LogP contribution in [0.4, 0.5) is 5.69 Å². The number of allylic oxidation sites excluding steroid dienone is 1. The van der Waals surface area contributed by atoms with E-state index in [-0.39, 0.29) is 0 Å². The van der Waals surface area contributed by atoms with Gasteiger partial charge in [0.05, 0.1) is 7.11 Å². The predicted octanol–water partition coefficient (Wildman–Crippen LogP) is 2.68. The molecule has 1 rings (SSSR count). The van der Waals surface area contributed by atoms with Gasteiger partial charge in [-0.2, -0.15) is 0 Å². The molecule has 0 aliphatic carbocycles. The molecule has 0 saturated heterocycles. The summed E-state index contributed by atoms with van der Waals surface area (Å²) in [7, 11) is 3.79. The number of unbranched alkanes of at least 4 members (excludes halogenated alkanes) is 1. The van der Waals surface area contributed by atoms with Crippen molar-refractivity contribution < 1.29 is 4.74 Å². The molecule has 0 bridgehead atoms. The first kappa shape index (κ1) is 13.6. The van der Waals surface area contributed by atoms with Crippen LogP contribution in [0.3, 0.4) is 0 Å². The van der Waals surface area contributed by atoms with Gasteiger partial charge in [0.15, 0.2) is 0 Å². The lowest BCUT2D eigenvalue weighted by atomic mass is 10.1. The van der Waals surface area contributed by atoms with Crippen molar-refractivity contribution in [3.8, 4) is 5.75 Å². The Labute approximate surface area is 104 Å². The summed E-state index contributed by atoms with van der Waals surface area (Å²) in [6.07, 6.45) is 4.15. The quantitative estimate of drug-likeness (QED) is 0.448. The number of ether oxygens (including phenoxy) is 1. The first-order valence-electron chi connectivity index (χ1n) is 5.89. The highest BCUT2D eigenvalue weighted by Gasteiger charge is 2.06. The maximum Gasteiger partial charge on any atom is 0.125 e. The summed E-state index contributed by atoms with van der Waals surface area (Å²) in [5, 5.41) is 0. The molecule has 3 nitrogen and oxygen atoms in total. The number of hydrogen-bond acceptors (Lipinski definition) is 3. The molecule has 0 aliphatic rings. The van der Waals surface area contributed by atoms with E-state index in [2.05, 4.69) is 18.5 Å². The third-order valence-electron chi connectivity index (χ3n) is 2.70. The van der Waals surface area contributed by atoms with Crippen molar-refractivity contribution in [3.63, 3.8) is 0 Å². The van der Waals surface area contributed by atoms with Gasteiger partial charge in [0, 0.05) is 23.9 Å². The summed E-state index contributed by atoms with van der Waals surface area (Å²) in [4.78, 5) is 2.28. The predicted molar refractivity (Wildman–Crippen MR) is 73.2 cm³/mol. The first-order valence-corrected chi connectivity index (χ1v) is 5.89. The van der Waals surface area contributed by atoms with Crippen LogP contribution in [-0.4, -0.2) is 25.6 Å². The highest BCUT2D eigenvalue weighted by Crippen LogP contribution is 2.22. The van der Waals surface area contributed by atoms with Gasteiger partial charge in [-0.25, -0.2) is 0 Å². The van der Waals surface area contributed by atoms with Crippen molar-refractivity contribution >= 4 is 5.69 Å². The minimum atomic E-state index is 0.736. The molecule has 1 aromatic rings. The first-order chi connectivity index (χ1) is 8.17. The summed E-state index contributed by atoms with van der Waals surface area (Å²) < 4.78 is 5.33. The average molecular weight is 234 g/mol. The molecule has 0 aliphatic heterocycles. The molecule has 2 N–H and O–H groups in total. The van der Waals surface area contributed by atoms with Crippen molar-refractivity contribution in [3.05, 3.63) is 36.4 Å². The minimum Gasteiger partial charge on any atom is -0.496 e. The Balaban J connectivity index is 2.57. The van der Waals surface area contributed by atoms with Gasteiger partial charge in [0.2, 0.25) is 0 Å². The van der Waals surface area contributed by atoms with E-state index in [0.29, 0.717) is 0 Å². The zero-order chi connectivity index (χ0) is 12.7. The Morgan fingerprint density at radius 1 is 1.47 bits per heavy atom. The number of benzene rings is 1. The second-order valence-corrected chi connectivity index (χ2v) is 4.24. The molecular formula is C14H22N2O. The highest BCUT2D eigenvalue weighted by atomic mass is 16.5. The SMILES string of the molecule is C=CCCCN(C)Cc1ccc(N)cc1OC. The molecule has 0 radical (unpaired) electrons. The Morgan fingerprint density at radius 2 is 2.24 bits per heavy atom. The van der Waals surface area contributed by atoms with E-state index in [0.717, 1.165) is 37.4 Å². The molecular weight excluding hydrogens is 212 g/mol. The maximum absolute atomic E-state index is 5.73. The van der Waals surface area contributed by atoms with Gasteiger partial charge in [-0.1, -0.05) is 12.1 Å². The fourth-order valence-corrected chi connectivity index (χ4v) is 1.77. The van der Waals surface area contributed by atoms with Crippen LogP contribution in [0.1, 0.15) is 18.4 Å². The normalized spacial score (nSPS) is 10.5. The zero-order valence-electron chi connectivity index (χ0n) is 10.8. The van der Waals surface area contributed by atoms with Crippen LogP contribution in [0.5, 0.6) is 5.75 Å². The number of methoxy groups -OCH3 is 1. The second kappa shape index (κ2) is 6.97. The van der Waals surface area contributed by atoms with Crippen LogP contribution in [-0.2, 0) is 6.54 Å². The molecule has 94 valence electrons. The van der Waals surface area contributed by atoms with E-state index in [4.69, 9.17) is 10.5 Å². The van der Waals surface area contributed by atoms with Crippen LogP contribution < -0.4 is 10.5 Å². The lowest BCUT2D eigenvalue weighted by Gasteiger charge is -2.18. The van der Waals surface area contributed by atoms with Crippen molar-refractivity contribution in [2.24, 2.45) is 0 Å². The third-order valence-corrected chi connectivity index (χ3v) is 2.70. The molecule has 0 atom stereocenters. The monoisotopic (exact) mass is 234 g/mol. The van der Waals surface area contributed by atoms with Crippen LogP contribution in [0.2, 0.25) is 0 Å². The highest BCUT2D eigenvalue weighted by molar-refractivity contribution is 5.48. The van der Waals surface area contributed by atoms with Gasteiger partial charge < -0.3 is 15.4 Å². The summed E-state index contributed by atoms with van der Waals surface area (Å²) in [6.45, 7) is 5.66. The summed E-state index contributed by atoms with van der Waals surface area (Å²) in [5.41, 5.74) is 7.63. The number of nitrogens with two attached hydrogens (primary N) is 1. The van der Waals surface area contributed by atoms with E-state index in [1.54, 1.807) is 7.11 Å². The fourth-order valence-electron chi connectivity index (χ4n) is 1.77. The van der Waals surface area contributed by atoms with E-state index in [1.165, 1.54) is 5.56 Å². The lowest BCUT2D eigenvalue weighted by Crippen LogP contribution is -2.19. The topological polar surface area (TPSA) is 38.5 Å². The largest absolute Gasteiger partial charge is 0.496 e. The Morgan fingerprint density at radius 3 is 2.88 bits per heavy atom.